The predicted octanol–water partition coefficient (Wildman–Crippen LogP) is 6.72. The minimum atomic E-state index is -0.591. The Morgan fingerprint density at radius 3 is 2.56 bits per heavy atom. The number of allylic oxidation sites excluding steroid dienone is 5. The maximum absolute atomic E-state index is 13.9. The number of rotatable bonds is 7. The molecule has 164 valence electrons. The first kappa shape index (κ1) is 22.7. The fourth-order valence-electron chi connectivity index (χ4n) is 3.27. The normalized spacial score (nSPS) is 11.1. The monoisotopic (exact) mass is 432 g/mol. The molecular formula is C26H25FN2O3. The number of carbonyl (C=O) groups excluding carboxylic acids is 1. The molecule has 0 aliphatic heterocycles. The number of aromatic amines is 1. The van der Waals surface area contributed by atoms with Crippen molar-refractivity contribution in [1.82, 2.24) is 10.2 Å². The predicted molar refractivity (Wildman–Crippen MR) is 124 cm³/mol. The third kappa shape index (κ3) is 5.40. The molecule has 1 aromatic heterocycles. The van der Waals surface area contributed by atoms with Crippen LogP contribution in [0.5, 0.6) is 11.5 Å². The van der Waals surface area contributed by atoms with Crippen molar-refractivity contribution in [2.24, 2.45) is 0 Å². The SMILES string of the molecule is C=C(/C=C(/C)C=C(C)C)c1cccc(Oc2ccc(-c3cn[nH]c3F)cc2C(=O)OC)c1. The first-order valence-corrected chi connectivity index (χ1v) is 10.0. The molecule has 0 bridgehead atoms. The van der Waals surface area contributed by atoms with Gasteiger partial charge in [0.25, 0.3) is 0 Å². The van der Waals surface area contributed by atoms with Gasteiger partial charge in [-0.2, -0.15) is 9.49 Å². The first-order valence-electron chi connectivity index (χ1n) is 10.0. The van der Waals surface area contributed by atoms with Crippen LogP contribution < -0.4 is 4.74 Å². The average molecular weight is 432 g/mol. The van der Waals surface area contributed by atoms with Crippen molar-refractivity contribution >= 4 is 11.5 Å². The van der Waals surface area contributed by atoms with Crippen LogP contribution in [-0.2, 0) is 4.74 Å². The molecule has 0 saturated carbocycles. The molecule has 5 nitrogen and oxygen atoms in total. The van der Waals surface area contributed by atoms with Gasteiger partial charge in [-0.05, 0) is 61.7 Å². The summed E-state index contributed by atoms with van der Waals surface area (Å²) in [5.74, 6) is -0.350. The molecule has 0 fully saturated rings. The number of nitrogens with one attached hydrogen (secondary N) is 1. The number of hydrogen-bond donors (Lipinski definition) is 1. The Hall–Kier alpha value is -3.93. The van der Waals surface area contributed by atoms with E-state index in [-0.39, 0.29) is 11.1 Å². The highest BCUT2D eigenvalue weighted by Crippen LogP contribution is 2.32. The largest absolute Gasteiger partial charge is 0.465 e. The van der Waals surface area contributed by atoms with Crippen molar-refractivity contribution in [3.8, 4) is 22.6 Å². The van der Waals surface area contributed by atoms with E-state index in [0.29, 0.717) is 17.1 Å². The van der Waals surface area contributed by atoms with Crippen molar-refractivity contribution < 1.29 is 18.7 Å². The molecule has 6 heteroatoms. The molecule has 0 amide bonds. The van der Waals surface area contributed by atoms with Gasteiger partial charge in [0, 0.05) is 0 Å². The lowest BCUT2D eigenvalue weighted by atomic mass is 10.0. The van der Waals surface area contributed by atoms with Gasteiger partial charge in [0.05, 0.1) is 18.9 Å². The lowest BCUT2D eigenvalue weighted by molar-refractivity contribution is 0.0598. The molecule has 0 saturated heterocycles. The second-order valence-corrected chi connectivity index (χ2v) is 7.57. The van der Waals surface area contributed by atoms with E-state index in [1.165, 1.54) is 24.9 Å². The van der Waals surface area contributed by atoms with Gasteiger partial charge in [-0.3, -0.25) is 5.10 Å². The number of aromatic nitrogens is 2. The number of nitrogens with zero attached hydrogens (tertiary/aromatic N) is 1. The highest BCUT2D eigenvalue weighted by molar-refractivity contribution is 5.94. The van der Waals surface area contributed by atoms with Crippen LogP contribution in [-0.4, -0.2) is 23.3 Å². The second kappa shape index (κ2) is 9.92. The molecule has 3 aromatic rings. The number of H-pyrrole nitrogens is 1. The van der Waals surface area contributed by atoms with E-state index in [9.17, 15) is 9.18 Å². The molecule has 32 heavy (non-hydrogen) atoms. The van der Waals surface area contributed by atoms with Crippen LogP contribution in [0.3, 0.4) is 0 Å². The number of hydrogen-bond acceptors (Lipinski definition) is 4. The number of esters is 1. The van der Waals surface area contributed by atoms with Gasteiger partial charge in [0.2, 0.25) is 5.95 Å². The summed E-state index contributed by atoms with van der Waals surface area (Å²) in [6, 6.07) is 12.2. The lowest BCUT2D eigenvalue weighted by Crippen LogP contribution is -2.04. The standard InChI is InChI=1S/C26H25FN2O3/c1-16(2)11-17(3)12-18(4)19-7-6-8-21(13-19)32-24-10-9-20(14-22(24)26(30)31-5)23-15-28-29-25(23)27/h6-15H,4H2,1-3,5H3,(H,28,29)/b17-12-. The van der Waals surface area contributed by atoms with Gasteiger partial charge in [-0.15, -0.1) is 0 Å². The van der Waals surface area contributed by atoms with E-state index in [1.54, 1.807) is 18.2 Å². The summed E-state index contributed by atoms with van der Waals surface area (Å²) in [6.07, 6.45) is 5.44. The van der Waals surface area contributed by atoms with Crippen LogP contribution in [0.4, 0.5) is 4.39 Å². The Balaban J connectivity index is 1.92. The van der Waals surface area contributed by atoms with Gasteiger partial charge >= 0.3 is 5.97 Å². The molecule has 2 aromatic carbocycles. The second-order valence-electron chi connectivity index (χ2n) is 7.57. The zero-order valence-corrected chi connectivity index (χ0v) is 18.5. The molecule has 1 N–H and O–H groups in total. The molecule has 3 rings (SSSR count). The van der Waals surface area contributed by atoms with Crippen LogP contribution in [0, 0.1) is 5.95 Å². The van der Waals surface area contributed by atoms with Gasteiger partial charge < -0.3 is 9.47 Å². The number of carbonyl (C=O) groups is 1. The Morgan fingerprint density at radius 1 is 1.12 bits per heavy atom. The van der Waals surface area contributed by atoms with Gasteiger partial charge in [-0.25, -0.2) is 4.79 Å². The Morgan fingerprint density at radius 2 is 1.91 bits per heavy atom. The van der Waals surface area contributed by atoms with Crippen molar-refractivity contribution in [1.29, 1.82) is 0 Å². The van der Waals surface area contributed by atoms with Gasteiger partial charge in [0.15, 0.2) is 0 Å². The van der Waals surface area contributed by atoms with Crippen LogP contribution in [0.15, 0.2) is 78.5 Å². The smallest absolute Gasteiger partial charge is 0.341 e. The molecule has 0 aliphatic carbocycles. The number of benzene rings is 2. The highest BCUT2D eigenvalue weighted by Gasteiger charge is 2.17. The molecule has 0 radical (unpaired) electrons. The molecule has 1 heterocycles. The summed E-state index contributed by atoms with van der Waals surface area (Å²) >= 11 is 0. The van der Waals surface area contributed by atoms with E-state index in [4.69, 9.17) is 9.47 Å². The molecule has 0 aliphatic rings. The van der Waals surface area contributed by atoms with Crippen molar-refractivity contribution in [2.75, 3.05) is 7.11 Å². The maximum Gasteiger partial charge on any atom is 0.341 e. The number of ether oxygens (including phenoxy) is 2. The van der Waals surface area contributed by atoms with E-state index in [0.717, 1.165) is 16.7 Å². The van der Waals surface area contributed by atoms with Crippen LogP contribution in [0.2, 0.25) is 0 Å². The summed E-state index contributed by atoms with van der Waals surface area (Å²) in [6.45, 7) is 10.3. The fraction of sp³-hybridized carbons (Fsp3) is 0.154. The molecule has 0 unspecified atom stereocenters. The van der Waals surface area contributed by atoms with Crippen LogP contribution >= 0.6 is 0 Å². The van der Waals surface area contributed by atoms with E-state index >= 15 is 0 Å². The molecule has 0 atom stereocenters. The third-order valence-corrected chi connectivity index (χ3v) is 4.64. The minimum Gasteiger partial charge on any atom is -0.465 e. The Bertz CT molecular complexity index is 1220. The lowest BCUT2D eigenvalue weighted by Gasteiger charge is -2.12. The Labute approximate surface area is 186 Å². The average Bonchev–Trinajstić information content (AvgIpc) is 3.19. The zero-order chi connectivity index (χ0) is 23.3. The van der Waals surface area contributed by atoms with Gasteiger partial charge in [-0.1, -0.05) is 48.1 Å². The molecular weight excluding hydrogens is 407 g/mol. The van der Waals surface area contributed by atoms with Crippen molar-refractivity contribution in [3.05, 3.63) is 95.6 Å². The summed E-state index contributed by atoms with van der Waals surface area (Å²) in [5, 5.41) is 5.93. The summed E-state index contributed by atoms with van der Waals surface area (Å²) < 4.78 is 24.8. The zero-order valence-electron chi connectivity index (χ0n) is 18.5. The molecule has 0 spiro atoms. The van der Waals surface area contributed by atoms with E-state index in [1.807, 2.05) is 45.0 Å². The highest BCUT2D eigenvalue weighted by atomic mass is 19.1. The summed E-state index contributed by atoms with van der Waals surface area (Å²) in [7, 11) is 1.28. The topological polar surface area (TPSA) is 64.2 Å². The number of halogens is 1. The summed E-state index contributed by atoms with van der Waals surface area (Å²) in [4.78, 5) is 12.4. The quantitative estimate of drug-likeness (QED) is 0.332. The van der Waals surface area contributed by atoms with Crippen LogP contribution in [0.1, 0.15) is 36.7 Å². The first-order chi connectivity index (χ1) is 15.3. The van der Waals surface area contributed by atoms with Crippen LogP contribution in [0.25, 0.3) is 16.7 Å². The minimum absolute atomic E-state index is 0.175. The summed E-state index contributed by atoms with van der Waals surface area (Å²) in [5.41, 5.74) is 4.93. The fourth-order valence-corrected chi connectivity index (χ4v) is 3.27. The van der Waals surface area contributed by atoms with Crippen molar-refractivity contribution in [2.45, 2.75) is 20.8 Å². The van der Waals surface area contributed by atoms with Crippen molar-refractivity contribution in [3.63, 3.8) is 0 Å². The Kier molecular flexibility index (Phi) is 7.05. The maximum atomic E-state index is 13.9. The van der Waals surface area contributed by atoms with E-state index in [2.05, 4.69) is 22.9 Å². The third-order valence-electron chi connectivity index (χ3n) is 4.64. The number of methoxy groups -OCH3 is 1. The van der Waals surface area contributed by atoms with E-state index < -0.39 is 11.9 Å². The van der Waals surface area contributed by atoms with Gasteiger partial charge in [0.1, 0.15) is 17.1 Å².